The molecule has 0 amide bonds. The zero-order valence-electron chi connectivity index (χ0n) is 11.6. The zero-order chi connectivity index (χ0) is 16.0. The summed E-state index contributed by atoms with van der Waals surface area (Å²) in [5.41, 5.74) is 4.96. The molecule has 124 valence electrons. The van der Waals surface area contributed by atoms with Crippen molar-refractivity contribution >= 4 is 61.1 Å². The SMILES string of the molecule is CC(C)(CN)NS(=O)(=O)c1c(Br)cc2[nH]c(=O)oc2c1Cl.Cl. The van der Waals surface area contributed by atoms with Gasteiger partial charge >= 0.3 is 5.76 Å². The highest BCUT2D eigenvalue weighted by Gasteiger charge is 2.30. The smallest absolute Gasteiger partial charge is 0.406 e. The summed E-state index contributed by atoms with van der Waals surface area (Å²) in [5.74, 6) is -0.719. The van der Waals surface area contributed by atoms with E-state index in [1.165, 1.54) is 6.07 Å². The largest absolute Gasteiger partial charge is 0.417 e. The van der Waals surface area contributed by atoms with E-state index in [-0.39, 0.29) is 38.9 Å². The van der Waals surface area contributed by atoms with E-state index < -0.39 is 21.3 Å². The van der Waals surface area contributed by atoms with Crippen LogP contribution in [0.5, 0.6) is 0 Å². The third kappa shape index (κ3) is 3.66. The quantitative estimate of drug-likeness (QED) is 0.679. The molecule has 0 aliphatic heterocycles. The van der Waals surface area contributed by atoms with Crippen LogP contribution in [-0.2, 0) is 10.0 Å². The molecule has 0 bridgehead atoms. The number of halogens is 3. The van der Waals surface area contributed by atoms with Crippen molar-refractivity contribution in [2.45, 2.75) is 24.3 Å². The van der Waals surface area contributed by atoms with Gasteiger partial charge in [0.25, 0.3) is 0 Å². The van der Waals surface area contributed by atoms with Crippen LogP contribution >= 0.6 is 39.9 Å². The molecule has 0 unspecified atom stereocenters. The van der Waals surface area contributed by atoms with E-state index in [4.69, 9.17) is 21.8 Å². The molecule has 0 atom stereocenters. The van der Waals surface area contributed by atoms with E-state index in [0.29, 0.717) is 5.52 Å². The number of sulfonamides is 1. The van der Waals surface area contributed by atoms with Crippen molar-refractivity contribution in [3.05, 3.63) is 26.1 Å². The second-order valence-corrected chi connectivity index (χ2v) is 7.94. The van der Waals surface area contributed by atoms with Gasteiger partial charge in [0, 0.05) is 16.6 Å². The first-order valence-corrected chi connectivity index (χ1v) is 8.48. The fourth-order valence-corrected chi connectivity index (χ4v) is 4.99. The second kappa shape index (κ2) is 6.50. The Bertz CT molecular complexity index is 860. The Morgan fingerprint density at radius 3 is 2.64 bits per heavy atom. The minimum atomic E-state index is -3.96. The van der Waals surface area contributed by atoms with Gasteiger partial charge in [-0.05, 0) is 35.8 Å². The number of nitrogens with one attached hydrogen (secondary N) is 2. The van der Waals surface area contributed by atoms with Crippen molar-refractivity contribution in [1.29, 1.82) is 0 Å². The van der Waals surface area contributed by atoms with Gasteiger partial charge in [-0.3, -0.25) is 4.98 Å². The van der Waals surface area contributed by atoms with Crippen LogP contribution in [0, 0.1) is 0 Å². The number of H-pyrrole nitrogens is 1. The predicted octanol–water partition coefficient (Wildman–Crippen LogP) is 1.97. The molecular weight excluding hydrogens is 421 g/mol. The lowest BCUT2D eigenvalue weighted by molar-refractivity contribution is 0.462. The van der Waals surface area contributed by atoms with Crippen molar-refractivity contribution in [2.24, 2.45) is 5.73 Å². The molecule has 2 rings (SSSR count). The Hall–Kier alpha value is -0.580. The normalized spacial score (nSPS) is 12.4. The van der Waals surface area contributed by atoms with Gasteiger partial charge in [0.1, 0.15) is 9.92 Å². The molecule has 0 aliphatic carbocycles. The van der Waals surface area contributed by atoms with Gasteiger partial charge in [0.2, 0.25) is 10.0 Å². The Kier molecular flexibility index (Phi) is 5.75. The average molecular weight is 435 g/mol. The van der Waals surface area contributed by atoms with Crippen LogP contribution in [0.15, 0.2) is 24.6 Å². The number of fused-ring (bicyclic) bond motifs is 1. The van der Waals surface area contributed by atoms with Gasteiger partial charge in [-0.15, -0.1) is 12.4 Å². The predicted molar refractivity (Wildman–Crippen MR) is 90.2 cm³/mol. The first-order valence-electron chi connectivity index (χ1n) is 5.82. The summed E-state index contributed by atoms with van der Waals surface area (Å²) >= 11 is 9.23. The molecule has 1 aromatic carbocycles. The highest BCUT2D eigenvalue weighted by Crippen LogP contribution is 2.35. The number of rotatable bonds is 4. The lowest BCUT2D eigenvalue weighted by Gasteiger charge is -2.24. The molecule has 0 fully saturated rings. The molecule has 0 saturated carbocycles. The van der Waals surface area contributed by atoms with E-state index >= 15 is 0 Å². The first kappa shape index (κ1) is 19.5. The molecule has 1 heterocycles. The Morgan fingerprint density at radius 2 is 2.09 bits per heavy atom. The van der Waals surface area contributed by atoms with Crippen molar-refractivity contribution in [2.75, 3.05) is 6.54 Å². The summed E-state index contributed by atoms with van der Waals surface area (Å²) in [6.45, 7) is 3.38. The summed E-state index contributed by atoms with van der Waals surface area (Å²) in [7, 11) is -3.96. The second-order valence-electron chi connectivity index (χ2n) is 5.09. The topological polar surface area (TPSA) is 118 Å². The third-order valence-electron chi connectivity index (χ3n) is 2.75. The number of hydrogen-bond acceptors (Lipinski definition) is 5. The minimum absolute atomic E-state index is 0. The van der Waals surface area contributed by atoms with E-state index in [9.17, 15) is 13.2 Å². The lowest BCUT2D eigenvalue weighted by atomic mass is 10.1. The maximum absolute atomic E-state index is 12.5. The Morgan fingerprint density at radius 1 is 1.50 bits per heavy atom. The van der Waals surface area contributed by atoms with E-state index in [0.717, 1.165) is 0 Å². The van der Waals surface area contributed by atoms with Gasteiger partial charge in [-0.25, -0.2) is 17.9 Å². The average Bonchev–Trinajstić information content (AvgIpc) is 2.68. The molecule has 0 saturated heterocycles. The summed E-state index contributed by atoms with van der Waals surface area (Å²) in [5, 5.41) is -0.182. The minimum Gasteiger partial charge on any atom is -0.406 e. The molecule has 7 nitrogen and oxygen atoms in total. The monoisotopic (exact) mass is 433 g/mol. The summed E-state index contributed by atoms with van der Waals surface area (Å²) in [6, 6.07) is 1.41. The van der Waals surface area contributed by atoms with Gasteiger partial charge in [0.05, 0.1) is 5.52 Å². The Balaban J connectivity index is 0.00000242. The number of aromatic nitrogens is 1. The maximum Gasteiger partial charge on any atom is 0.417 e. The van der Waals surface area contributed by atoms with Gasteiger partial charge in [0.15, 0.2) is 5.58 Å². The maximum atomic E-state index is 12.5. The van der Waals surface area contributed by atoms with E-state index in [1.807, 2.05) is 0 Å². The highest BCUT2D eigenvalue weighted by atomic mass is 79.9. The molecular formula is C11H14BrCl2N3O4S. The molecule has 11 heteroatoms. The van der Waals surface area contributed by atoms with Crippen molar-refractivity contribution in [3.63, 3.8) is 0 Å². The summed E-state index contributed by atoms with van der Waals surface area (Å²) in [4.78, 5) is 13.4. The van der Waals surface area contributed by atoms with Gasteiger partial charge in [-0.2, -0.15) is 0 Å². The molecule has 0 aliphatic rings. The molecule has 0 radical (unpaired) electrons. The van der Waals surface area contributed by atoms with Crippen molar-refractivity contribution < 1.29 is 12.8 Å². The number of aromatic amines is 1. The fourth-order valence-electron chi connectivity index (χ4n) is 1.71. The zero-order valence-corrected chi connectivity index (χ0v) is 15.5. The van der Waals surface area contributed by atoms with Crippen molar-refractivity contribution in [3.8, 4) is 0 Å². The first-order chi connectivity index (χ1) is 9.57. The van der Waals surface area contributed by atoms with E-state index in [2.05, 4.69) is 25.6 Å². The molecule has 2 aromatic rings. The van der Waals surface area contributed by atoms with E-state index in [1.54, 1.807) is 13.8 Å². The Labute approximate surface area is 146 Å². The van der Waals surface area contributed by atoms with Crippen LogP contribution in [0.2, 0.25) is 5.02 Å². The molecule has 22 heavy (non-hydrogen) atoms. The van der Waals surface area contributed by atoms with Crippen molar-refractivity contribution in [1.82, 2.24) is 9.71 Å². The van der Waals surface area contributed by atoms with Crippen LogP contribution in [0.4, 0.5) is 0 Å². The summed E-state index contributed by atoms with van der Waals surface area (Å²) < 4.78 is 32.5. The third-order valence-corrected chi connectivity index (χ3v) is 5.90. The fraction of sp³-hybridized carbons (Fsp3) is 0.364. The number of hydrogen-bond donors (Lipinski definition) is 3. The number of benzene rings is 1. The van der Waals surface area contributed by atoms with Gasteiger partial charge in [-0.1, -0.05) is 11.6 Å². The lowest BCUT2D eigenvalue weighted by Crippen LogP contribution is -2.48. The van der Waals surface area contributed by atoms with Crippen LogP contribution in [0.1, 0.15) is 13.8 Å². The van der Waals surface area contributed by atoms with Crippen LogP contribution in [0.25, 0.3) is 11.1 Å². The highest BCUT2D eigenvalue weighted by molar-refractivity contribution is 9.10. The molecule has 4 N–H and O–H groups in total. The van der Waals surface area contributed by atoms with Crippen LogP contribution in [0.3, 0.4) is 0 Å². The number of nitrogens with two attached hydrogens (primary N) is 1. The summed E-state index contributed by atoms with van der Waals surface area (Å²) in [6.07, 6.45) is 0. The number of oxazole rings is 1. The van der Waals surface area contributed by atoms with Gasteiger partial charge < -0.3 is 10.2 Å². The molecule has 1 aromatic heterocycles. The standard InChI is InChI=1S/C11H13BrClN3O4S.ClH/c1-11(2,4-14)16-21(18,19)9-5(12)3-6-8(7(9)13)20-10(17)15-6;/h3,16H,4,14H2,1-2H3,(H,15,17);1H. The molecule has 0 spiro atoms. The van der Waals surface area contributed by atoms with Crippen LogP contribution in [-0.4, -0.2) is 25.5 Å². The van der Waals surface area contributed by atoms with Crippen LogP contribution < -0.4 is 16.2 Å².